The highest BCUT2D eigenvalue weighted by molar-refractivity contribution is 5.83. The second-order valence-corrected chi connectivity index (χ2v) is 7.02. The Labute approximate surface area is 163 Å². The minimum absolute atomic E-state index is 0.211. The van der Waals surface area contributed by atoms with Gasteiger partial charge in [-0.2, -0.15) is 4.98 Å². The van der Waals surface area contributed by atoms with Gasteiger partial charge < -0.3 is 18.6 Å². The quantitative estimate of drug-likeness (QED) is 0.490. The molecule has 3 aromatic heterocycles. The molecule has 0 radical (unpaired) electrons. The molecule has 1 aromatic carbocycles. The van der Waals surface area contributed by atoms with Gasteiger partial charge in [-0.3, -0.25) is 9.20 Å². The molecule has 0 aliphatic heterocycles. The normalized spacial score (nSPS) is 15.4. The molecule has 0 unspecified atom stereocenters. The lowest BCUT2D eigenvalue weighted by Crippen LogP contribution is -2.25. The summed E-state index contributed by atoms with van der Waals surface area (Å²) in [6.07, 6.45) is 3.11. The Morgan fingerprint density at radius 3 is 2.83 bits per heavy atom. The van der Waals surface area contributed by atoms with E-state index in [9.17, 15) is 9.18 Å². The van der Waals surface area contributed by atoms with E-state index in [1.807, 2.05) is 0 Å². The van der Waals surface area contributed by atoms with Crippen LogP contribution >= 0.6 is 0 Å². The summed E-state index contributed by atoms with van der Waals surface area (Å²) in [7, 11) is 3.14. The fraction of sp³-hybridized carbons (Fsp3) is 0.368. The Hall–Kier alpha value is -3.11. The van der Waals surface area contributed by atoms with Crippen molar-refractivity contribution < 1.29 is 18.4 Å². The van der Waals surface area contributed by atoms with E-state index in [2.05, 4.69) is 15.1 Å². The van der Waals surface area contributed by atoms with Gasteiger partial charge in [0.2, 0.25) is 5.82 Å². The minimum Gasteiger partial charge on any atom is -0.383 e. The molecule has 4 aromatic rings. The monoisotopic (exact) mass is 399 g/mol. The predicted octanol–water partition coefficient (Wildman–Crippen LogP) is 2.12. The molecule has 150 valence electrons. The molecule has 1 aliphatic rings. The van der Waals surface area contributed by atoms with Crippen LogP contribution in [0.1, 0.15) is 18.7 Å². The number of benzene rings is 1. The van der Waals surface area contributed by atoms with Crippen molar-refractivity contribution in [2.45, 2.75) is 25.0 Å². The van der Waals surface area contributed by atoms with Gasteiger partial charge in [0.05, 0.1) is 17.6 Å². The Bertz CT molecular complexity index is 1290. The highest BCUT2D eigenvalue weighted by atomic mass is 19.1. The first-order valence-corrected chi connectivity index (χ1v) is 9.16. The standard InChI is InChI=1S/C19H18FN5O4/c1-27-8-7-24-13-9-11(20)3-4-12(13)25-10-21-14(15(25)17(24)26)16-22-18(29-23-16)19(28-2)5-6-19/h3-4,9-10H,5-8H2,1-2H3. The fourth-order valence-electron chi connectivity index (χ4n) is 3.58. The number of halogens is 1. The van der Waals surface area contributed by atoms with Crippen LogP contribution in [0.15, 0.2) is 33.8 Å². The number of ether oxygens (including phenoxy) is 2. The number of nitrogens with zero attached hydrogens (tertiary/aromatic N) is 5. The lowest BCUT2D eigenvalue weighted by atomic mass is 10.2. The zero-order chi connectivity index (χ0) is 20.2. The number of imidazole rings is 1. The molecule has 1 saturated carbocycles. The summed E-state index contributed by atoms with van der Waals surface area (Å²) in [6.45, 7) is 0.564. The zero-order valence-electron chi connectivity index (χ0n) is 15.9. The van der Waals surface area contributed by atoms with Gasteiger partial charge in [0.25, 0.3) is 11.4 Å². The molecule has 9 nitrogen and oxygen atoms in total. The molecule has 1 aliphatic carbocycles. The average molecular weight is 399 g/mol. The van der Waals surface area contributed by atoms with Gasteiger partial charge in [-0.25, -0.2) is 9.37 Å². The summed E-state index contributed by atoms with van der Waals surface area (Å²) in [4.78, 5) is 22.1. The number of hydrogen-bond donors (Lipinski definition) is 0. The average Bonchev–Trinajstić information content (AvgIpc) is 3.15. The number of rotatable bonds is 6. The Balaban J connectivity index is 1.75. The Morgan fingerprint density at radius 2 is 2.10 bits per heavy atom. The van der Waals surface area contributed by atoms with Crippen LogP contribution in [0, 0.1) is 5.82 Å². The molecular weight excluding hydrogens is 381 g/mol. The van der Waals surface area contributed by atoms with Crippen molar-refractivity contribution in [2.75, 3.05) is 20.8 Å². The van der Waals surface area contributed by atoms with Crippen LogP contribution < -0.4 is 5.56 Å². The molecule has 3 heterocycles. The van der Waals surface area contributed by atoms with Crippen molar-refractivity contribution >= 4 is 16.6 Å². The first kappa shape index (κ1) is 18.0. The summed E-state index contributed by atoms with van der Waals surface area (Å²) in [5.41, 5.74) is 0.795. The van der Waals surface area contributed by atoms with Crippen LogP contribution in [0.5, 0.6) is 0 Å². The highest BCUT2D eigenvalue weighted by Crippen LogP contribution is 2.48. The lowest BCUT2D eigenvalue weighted by molar-refractivity contribution is 0.0492. The maximum Gasteiger partial charge on any atom is 0.277 e. The fourth-order valence-corrected chi connectivity index (χ4v) is 3.58. The van der Waals surface area contributed by atoms with Crippen molar-refractivity contribution in [2.24, 2.45) is 0 Å². The molecule has 0 spiro atoms. The van der Waals surface area contributed by atoms with Crippen LogP contribution in [-0.4, -0.2) is 44.9 Å². The maximum absolute atomic E-state index is 13.9. The number of methoxy groups -OCH3 is 2. The SMILES string of the molecule is COCCn1c(=O)c2c(-c3noc(C4(OC)CC4)n3)ncn2c2ccc(F)cc21. The number of fused-ring (bicyclic) bond motifs is 3. The summed E-state index contributed by atoms with van der Waals surface area (Å²) in [6, 6.07) is 4.28. The largest absolute Gasteiger partial charge is 0.383 e. The van der Waals surface area contributed by atoms with Crippen molar-refractivity contribution in [3.63, 3.8) is 0 Å². The molecule has 0 bridgehead atoms. The van der Waals surface area contributed by atoms with E-state index >= 15 is 0 Å². The van der Waals surface area contributed by atoms with Crippen molar-refractivity contribution in [3.05, 3.63) is 46.6 Å². The third-order valence-corrected chi connectivity index (χ3v) is 5.34. The van der Waals surface area contributed by atoms with Gasteiger partial charge in [0.15, 0.2) is 0 Å². The van der Waals surface area contributed by atoms with E-state index in [0.29, 0.717) is 29.2 Å². The van der Waals surface area contributed by atoms with Gasteiger partial charge in [-0.1, -0.05) is 5.16 Å². The molecule has 5 rings (SSSR count). The maximum atomic E-state index is 13.9. The van der Waals surface area contributed by atoms with Gasteiger partial charge in [-0.15, -0.1) is 0 Å². The third-order valence-electron chi connectivity index (χ3n) is 5.34. The molecular formula is C19H18FN5O4. The van der Waals surface area contributed by atoms with Gasteiger partial charge >= 0.3 is 0 Å². The summed E-state index contributed by atoms with van der Waals surface area (Å²) in [5, 5.41) is 4.02. The molecule has 0 atom stereocenters. The third kappa shape index (κ3) is 2.67. The molecule has 1 fully saturated rings. The molecule has 29 heavy (non-hydrogen) atoms. The second-order valence-electron chi connectivity index (χ2n) is 7.02. The number of hydrogen-bond acceptors (Lipinski definition) is 7. The first-order chi connectivity index (χ1) is 14.1. The second kappa shape index (κ2) is 6.46. The van der Waals surface area contributed by atoms with E-state index in [-0.39, 0.29) is 23.4 Å². The Morgan fingerprint density at radius 1 is 1.28 bits per heavy atom. The van der Waals surface area contributed by atoms with Crippen molar-refractivity contribution in [3.8, 4) is 11.5 Å². The van der Waals surface area contributed by atoms with E-state index in [4.69, 9.17) is 14.0 Å². The molecule has 10 heteroatoms. The summed E-state index contributed by atoms with van der Waals surface area (Å²) < 4.78 is 32.9. The first-order valence-electron chi connectivity index (χ1n) is 9.16. The van der Waals surface area contributed by atoms with E-state index in [0.717, 1.165) is 12.8 Å². The van der Waals surface area contributed by atoms with Crippen LogP contribution in [0.25, 0.3) is 28.1 Å². The van der Waals surface area contributed by atoms with E-state index < -0.39 is 11.4 Å². The number of aromatic nitrogens is 5. The van der Waals surface area contributed by atoms with Gasteiger partial charge in [0.1, 0.15) is 29.0 Å². The smallest absolute Gasteiger partial charge is 0.277 e. The van der Waals surface area contributed by atoms with Gasteiger partial charge in [0, 0.05) is 20.8 Å². The Kier molecular flexibility index (Phi) is 4.00. The summed E-state index contributed by atoms with van der Waals surface area (Å²) >= 11 is 0. The molecule has 0 amide bonds. The molecule has 0 N–H and O–H groups in total. The van der Waals surface area contributed by atoms with E-state index in [1.165, 1.54) is 23.0 Å². The van der Waals surface area contributed by atoms with E-state index in [1.54, 1.807) is 24.7 Å². The summed E-state index contributed by atoms with van der Waals surface area (Å²) in [5.74, 6) is 0.154. The minimum atomic E-state index is -0.538. The predicted molar refractivity (Wildman–Crippen MR) is 100 cm³/mol. The van der Waals surface area contributed by atoms with Crippen LogP contribution in [-0.2, 0) is 21.6 Å². The van der Waals surface area contributed by atoms with Crippen molar-refractivity contribution in [1.82, 2.24) is 24.1 Å². The lowest BCUT2D eigenvalue weighted by Gasteiger charge is -2.12. The van der Waals surface area contributed by atoms with Crippen LogP contribution in [0.3, 0.4) is 0 Å². The van der Waals surface area contributed by atoms with Gasteiger partial charge in [-0.05, 0) is 31.0 Å². The topological polar surface area (TPSA) is 96.7 Å². The zero-order valence-corrected chi connectivity index (χ0v) is 15.9. The van der Waals surface area contributed by atoms with Crippen LogP contribution in [0.4, 0.5) is 4.39 Å². The van der Waals surface area contributed by atoms with Crippen LogP contribution in [0.2, 0.25) is 0 Å². The molecule has 0 saturated heterocycles. The van der Waals surface area contributed by atoms with Crippen molar-refractivity contribution in [1.29, 1.82) is 0 Å². The highest BCUT2D eigenvalue weighted by Gasteiger charge is 2.50.